The van der Waals surface area contributed by atoms with Gasteiger partial charge >= 0.3 is 0 Å². The molecule has 2 fully saturated rings. The first-order valence-electron chi connectivity index (χ1n) is 5.50. The molecule has 0 aromatic carbocycles. The van der Waals surface area contributed by atoms with Gasteiger partial charge in [-0.15, -0.1) is 0 Å². The highest BCUT2D eigenvalue weighted by Gasteiger charge is 2.32. The van der Waals surface area contributed by atoms with E-state index in [1.807, 2.05) is 11.8 Å². The van der Waals surface area contributed by atoms with Crippen LogP contribution in [0.2, 0.25) is 0 Å². The Balaban J connectivity index is 2.05. The first-order valence-corrected chi connectivity index (χ1v) is 6.49. The Morgan fingerprint density at radius 3 is 2.36 bits per heavy atom. The molecule has 14 heavy (non-hydrogen) atoms. The van der Waals surface area contributed by atoms with Gasteiger partial charge in [0.25, 0.3) is 0 Å². The minimum absolute atomic E-state index is 0.232. The van der Waals surface area contributed by atoms with E-state index >= 15 is 0 Å². The van der Waals surface area contributed by atoms with Crippen LogP contribution < -0.4 is 5.32 Å². The quantitative estimate of drug-likeness (QED) is 0.723. The van der Waals surface area contributed by atoms with Crippen LogP contribution in [-0.2, 0) is 0 Å². The van der Waals surface area contributed by atoms with E-state index in [-0.39, 0.29) is 11.1 Å². The van der Waals surface area contributed by atoms with Gasteiger partial charge in [-0.2, -0.15) is 0 Å². The summed E-state index contributed by atoms with van der Waals surface area (Å²) >= 11 is 1.87. The summed E-state index contributed by atoms with van der Waals surface area (Å²) in [7, 11) is 0. The molecule has 1 aliphatic carbocycles. The summed E-state index contributed by atoms with van der Waals surface area (Å²) in [5.74, 6) is 1.14. The SMILES string of the molecule is CC1(N=C2NC(C)(C)CS2)CCCC1. The fourth-order valence-corrected chi connectivity index (χ4v) is 3.37. The van der Waals surface area contributed by atoms with Gasteiger partial charge in [-0.25, -0.2) is 0 Å². The number of nitrogens with one attached hydrogen (secondary N) is 1. The Kier molecular flexibility index (Phi) is 2.54. The van der Waals surface area contributed by atoms with Gasteiger partial charge in [0.15, 0.2) is 5.17 Å². The number of thioether (sulfide) groups is 1. The smallest absolute Gasteiger partial charge is 0.157 e. The number of hydrogen-bond acceptors (Lipinski definition) is 2. The Hall–Kier alpha value is -0.180. The first-order chi connectivity index (χ1) is 6.49. The van der Waals surface area contributed by atoms with Crippen LogP contribution in [0.3, 0.4) is 0 Å². The number of nitrogens with zero attached hydrogens (tertiary/aromatic N) is 1. The lowest BCUT2D eigenvalue weighted by atomic mass is 10.0. The second-order valence-corrected chi connectivity index (χ2v) is 6.38. The van der Waals surface area contributed by atoms with Gasteiger partial charge in [0.2, 0.25) is 0 Å². The van der Waals surface area contributed by atoms with Crippen molar-refractivity contribution in [2.24, 2.45) is 4.99 Å². The van der Waals surface area contributed by atoms with E-state index in [1.54, 1.807) is 0 Å². The predicted octanol–water partition coefficient (Wildman–Crippen LogP) is 2.79. The summed E-state index contributed by atoms with van der Waals surface area (Å²) in [6.07, 6.45) is 5.22. The maximum atomic E-state index is 4.87. The summed E-state index contributed by atoms with van der Waals surface area (Å²) in [4.78, 5) is 4.87. The Morgan fingerprint density at radius 2 is 1.86 bits per heavy atom. The van der Waals surface area contributed by atoms with Crippen molar-refractivity contribution in [1.82, 2.24) is 5.32 Å². The molecular weight excluding hydrogens is 192 g/mol. The third kappa shape index (κ3) is 2.25. The number of aliphatic imine (C=N–C) groups is 1. The number of hydrogen-bond donors (Lipinski definition) is 1. The van der Waals surface area contributed by atoms with Crippen molar-refractivity contribution < 1.29 is 0 Å². The topological polar surface area (TPSA) is 24.4 Å². The van der Waals surface area contributed by atoms with Crippen LogP contribution >= 0.6 is 11.8 Å². The van der Waals surface area contributed by atoms with Crippen LogP contribution in [0, 0.1) is 0 Å². The van der Waals surface area contributed by atoms with Gasteiger partial charge in [0.05, 0.1) is 5.54 Å². The third-order valence-electron chi connectivity index (χ3n) is 3.07. The largest absolute Gasteiger partial charge is 0.359 e. The molecule has 0 amide bonds. The van der Waals surface area contributed by atoms with Crippen molar-refractivity contribution in [1.29, 1.82) is 0 Å². The minimum Gasteiger partial charge on any atom is -0.359 e. The monoisotopic (exact) mass is 212 g/mol. The molecule has 1 heterocycles. The molecule has 2 rings (SSSR count). The molecule has 0 aromatic rings. The molecule has 1 aliphatic heterocycles. The van der Waals surface area contributed by atoms with E-state index in [4.69, 9.17) is 4.99 Å². The standard InChI is InChI=1S/C11H20N2S/c1-10(2)8-14-9(12-10)13-11(3)6-4-5-7-11/h4-8H2,1-3H3,(H,12,13). The van der Waals surface area contributed by atoms with Crippen molar-refractivity contribution >= 4 is 16.9 Å². The first kappa shape index (κ1) is 10.3. The zero-order valence-electron chi connectivity index (χ0n) is 9.39. The Morgan fingerprint density at radius 1 is 1.21 bits per heavy atom. The molecule has 1 saturated carbocycles. The van der Waals surface area contributed by atoms with E-state index in [0.29, 0.717) is 0 Å². The molecule has 2 nitrogen and oxygen atoms in total. The van der Waals surface area contributed by atoms with E-state index in [0.717, 1.165) is 5.75 Å². The number of amidine groups is 1. The van der Waals surface area contributed by atoms with Gasteiger partial charge < -0.3 is 5.32 Å². The average Bonchev–Trinajstić information content (AvgIpc) is 2.59. The molecule has 2 aliphatic rings. The van der Waals surface area contributed by atoms with Gasteiger partial charge in [0, 0.05) is 11.3 Å². The minimum atomic E-state index is 0.232. The molecule has 0 bridgehead atoms. The van der Waals surface area contributed by atoms with Crippen molar-refractivity contribution in [2.75, 3.05) is 5.75 Å². The van der Waals surface area contributed by atoms with E-state index in [9.17, 15) is 0 Å². The highest BCUT2D eigenvalue weighted by Crippen LogP contribution is 2.34. The highest BCUT2D eigenvalue weighted by atomic mass is 32.2. The van der Waals surface area contributed by atoms with Crippen LogP contribution in [0.25, 0.3) is 0 Å². The predicted molar refractivity (Wildman–Crippen MR) is 64.0 cm³/mol. The summed E-state index contributed by atoms with van der Waals surface area (Å²) in [6.45, 7) is 6.76. The fraction of sp³-hybridized carbons (Fsp3) is 0.909. The van der Waals surface area contributed by atoms with Crippen LogP contribution in [0.15, 0.2) is 4.99 Å². The van der Waals surface area contributed by atoms with Crippen molar-refractivity contribution in [3.05, 3.63) is 0 Å². The maximum absolute atomic E-state index is 4.87. The molecule has 0 unspecified atom stereocenters. The molecule has 80 valence electrons. The van der Waals surface area contributed by atoms with E-state index < -0.39 is 0 Å². The average molecular weight is 212 g/mol. The lowest BCUT2D eigenvalue weighted by molar-refractivity contribution is 0.482. The second-order valence-electron chi connectivity index (χ2n) is 5.42. The van der Waals surface area contributed by atoms with Crippen LogP contribution in [-0.4, -0.2) is 22.0 Å². The van der Waals surface area contributed by atoms with Crippen molar-refractivity contribution in [3.8, 4) is 0 Å². The molecule has 0 atom stereocenters. The molecule has 1 saturated heterocycles. The Labute approximate surface area is 90.9 Å². The maximum Gasteiger partial charge on any atom is 0.157 e. The molecular formula is C11H20N2S. The van der Waals surface area contributed by atoms with Gasteiger partial charge in [-0.1, -0.05) is 24.6 Å². The third-order valence-corrected chi connectivity index (χ3v) is 4.40. The number of rotatable bonds is 1. The summed E-state index contributed by atoms with van der Waals surface area (Å²) < 4.78 is 0. The van der Waals surface area contributed by atoms with E-state index in [2.05, 4.69) is 26.1 Å². The summed E-state index contributed by atoms with van der Waals surface area (Å²) in [6, 6.07) is 0. The molecule has 0 aromatic heterocycles. The second kappa shape index (κ2) is 3.44. The van der Waals surface area contributed by atoms with Crippen molar-refractivity contribution in [2.45, 2.75) is 57.5 Å². The highest BCUT2D eigenvalue weighted by molar-refractivity contribution is 8.14. The molecule has 0 radical (unpaired) electrons. The lowest BCUT2D eigenvalue weighted by Crippen LogP contribution is -2.37. The fourth-order valence-electron chi connectivity index (χ4n) is 2.16. The zero-order chi connectivity index (χ0) is 10.2. The van der Waals surface area contributed by atoms with E-state index in [1.165, 1.54) is 30.9 Å². The summed E-state index contributed by atoms with van der Waals surface area (Å²) in [5, 5.41) is 4.66. The molecule has 3 heteroatoms. The molecule has 0 spiro atoms. The van der Waals surface area contributed by atoms with Gasteiger partial charge in [-0.3, -0.25) is 4.99 Å². The Bertz CT molecular complexity index is 252. The van der Waals surface area contributed by atoms with Crippen LogP contribution in [0.1, 0.15) is 46.5 Å². The zero-order valence-corrected chi connectivity index (χ0v) is 10.2. The normalized spacial score (nSPS) is 32.1. The van der Waals surface area contributed by atoms with Crippen LogP contribution in [0.4, 0.5) is 0 Å². The summed E-state index contributed by atoms with van der Waals surface area (Å²) in [5.41, 5.74) is 0.466. The molecule has 1 N–H and O–H groups in total. The lowest BCUT2D eigenvalue weighted by Gasteiger charge is -2.20. The van der Waals surface area contributed by atoms with Gasteiger partial charge in [-0.05, 0) is 33.6 Å². The van der Waals surface area contributed by atoms with Crippen LogP contribution in [0.5, 0.6) is 0 Å². The van der Waals surface area contributed by atoms with Crippen molar-refractivity contribution in [3.63, 3.8) is 0 Å². The van der Waals surface area contributed by atoms with Gasteiger partial charge in [0.1, 0.15) is 0 Å².